The molecule has 0 saturated carbocycles. The van der Waals surface area contributed by atoms with Crippen molar-refractivity contribution in [3.05, 3.63) is 93.8 Å². The maximum absolute atomic E-state index is 13.5. The Balaban J connectivity index is 1.46. The first-order valence-corrected chi connectivity index (χ1v) is 12.1. The highest BCUT2D eigenvalue weighted by molar-refractivity contribution is 5.88. The Morgan fingerprint density at radius 3 is 2.69 bits per heavy atom. The summed E-state index contributed by atoms with van der Waals surface area (Å²) in [6, 6.07) is 17.1. The van der Waals surface area contributed by atoms with Gasteiger partial charge in [-0.15, -0.1) is 0 Å². The number of aliphatic hydroxyl groups excluding tert-OH is 1. The summed E-state index contributed by atoms with van der Waals surface area (Å²) in [4.78, 5) is 31.2. The maximum atomic E-state index is 13.5. The molecule has 0 aliphatic carbocycles. The first-order chi connectivity index (χ1) is 17.6. The minimum Gasteiger partial charge on any atom is -0.490 e. The molecule has 0 fully saturated rings. The van der Waals surface area contributed by atoms with Crippen molar-refractivity contribution in [3.63, 3.8) is 0 Å². The molecule has 5 rings (SSSR count). The standard InChI is InChI=1S/C27H28N4O5/c1-2-3-13-30-25-24(29(18-28-25)16-21-10-7-14-35-21)26(33)31(27(30)34)15-20(32)17-36-23-12-6-9-19-8-4-5-11-22(19)23/h4-12,14,18,20,32H,2-3,13,15-17H2,1H3/t20-/m1/s1. The number of hydrogen-bond donors (Lipinski definition) is 1. The highest BCUT2D eigenvalue weighted by Crippen LogP contribution is 2.25. The van der Waals surface area contributed by atoms with Gasteiger partial charge in [0.1, 0.15) is 24.2 Å². The lowest BCUT2D eigenvalue weighted by atomic mass is 10.1. The zero-order chi connectivity index (χ0) is 25.1. The average molecular weight is 489 g/mol. The molecule has 186 valence electrons. The van der Waals surface area contributed by atoms with Gasteiger partial charge in [0.15, 0.2) is 11.2 Å². The SMILES string of the molecule is CCCCn1c(=O)n(C[C@@H](O)COc2cccc3ccccc23)c(=O)c2c1ncn2Cc1ccco1. The molecule has 0 amide bonds. The molecule has 5 aromatic rings. The average Bonchev–Trinajstić information content (AvgIpc) is 3.56. The third-order valence-corrected chi connectivity index (χ3v) is 6.20. The molecule has 0 aliphatic heterocycles. The molecular weight excluding hydrogens is 460 g/mol. The normalized spacial score (nSPS) is 12.4. The van der Waals surface area contributed by atoms with E-state index in [1.165, 1.54) is 4.57 Å². The number of imidazole rings is 1. The highest BCUT2D eigenvalue weighted by atomic mass is 16.5. The fourth-order valence-corrected chi connectivity index (χ4v) is 4.38. The predicted molar refractivity (Wildman–Crippen MR) is 136 cm³/mol. The number of aryl methyl sites for hydroxylation is 1. The molecule has 0 saturated heterocycles. The van der Waals surface area contributed by atoms with Gasteiger partial charge < -0.3 is 18.8 Å². The van der Waals surface area contributed by atoms with Gasteiger partial charge in [-0.25, -0.2) is 9.78 Å². The first-order valence-electron chi connectivity index (χ1n) is 12.1. The number of benzene rings is 2. The van der Waals surface area contributed by atoms with E-state index in [4.69, 9.17) is 9.15 Å². The number of nitrogens with zero attached hydrogens (tertiary/aromatic N) is 4. The van der Waals surface area contributed by atoms with Crippen LogP contribution in [0.15, 0.2) is 81.2 Å². The van der Waals surface area contributed by atoms with Gasteiger partial charge in [-0.05, 0) is 30.0 Å². The highest BCUT2D eigenvalue weighted by Gasteiger charge is 2.20. The Morgan fingerprint density at radius 2 is 1.89 bits per heavy atom. The molecule has 36 heavy (non-hydrogen) atoms. The molecule has 0 radical (unpaired) electrons. The summed E-state index contributed by atoms with van der Waals surface area (Å²) in [5.74, 6) is 1.29. The molecule has 2 aromatic carbocycles. The van der Waals surface area contributed by atoms with Crippen molar-refractivity contribution < 1.29 is 14.3 Å². The van der Waals surface area contributed by atoms with Crippen molar-refractivity contribution in [3.8, 4) is 5.75 Å². The van der Waals surface area contributed by atoms with E-state index < -0.39 is 17.4 Å². The number of rotatable bonds is 10. The van der Waals surface area contributed by atoms with Crippen LogP contribution >= 0.6 is 0 Å². The van der Waals surface area contributed by atoms with Crippen molar-refractivity contribution in [1.29, 1.82) is 0 Å². The van der Waals surface area contributed by atoms with Gasteiger partial charge in [0.25, 0.3) is 5.56 Å². The van der Waals surface area contributed by atoms with Crippen LogP contribution in [0.25, 0.3) is 21.9 Å². The molecule has 9 nitrogen and oxygen atoms in total. The van der Waals surface area contributed by atoms with Gasteiger partial charge in [0, 0.05) is 11.9 Å². The molecule has 1 N–H and O–H groups in total. The van der Waals surface area contributed by atoms with Crippen LogP contribution < -0.4 is 16.0 Å². The summed E-state index contributed by atoms with van der Waals surface area (Å²) in [7, 11) is 0. The number of ether oxygens (including phenoxy) is 1. The van der Waals surface area contributed by atoms with E-state index in [0.717, 1.165) is 28.2 Å². The number of fused-ring (bicyclic) bond motifs is 2. The Kier molecular flexibility index (Phi) is 6.73. The van der Waals surface area contributed by atoms with Crippen LogP contribution in [0, 0.1) is 0 Å². The third kappa shape index (κ3) is 4.57. The Labute approximate surface area is 206 Å². The van der Waals surface area contributed by atoms with Crippen molar-refractivity contribution in [2.24, 2.45) is 0 Å². The summed E-state index contributed by atoms with van der Waals surface area (Å²) in [5, 5.41) is 12.7. The van der Waals surface area contributed by atoms with Crippen LogP contribution in [0.1, 0.15) is 25.5 Å². The molecule has 0 bridgehead atoms. The van der Waals surface area contributed by atoms with E-state index in [-0.39, 0.29) is 13.2 Å². The second kappa shape index (κ2) is 10.2. The van der Waals surface area contributed by atoms with Gasteiger partial charge in [-0.3, -0.25) is 13.9 Å². The summed E-state index contributed by atoms with van der Waals surface area (Å²) in [6.07, 6.45) is 3.66. The van der Waals surface area contributed by atoms with Crippen LogP contribution in [0.5, 0.6) is 5.75 Å². The van der Waals surface area contributed by atoms with E-state index in [9.17, 15) is 14.7 Å². The van der Waals surface area contributed by atoms with Crippen molar-refractivity contribution in [1.82, 2.24) is 18.7 Å². The molecule has 1 atom stereocenters. The van der Waals surface area contributed by atoms with Gasteiger partial charge in [-0.2, -0.15) is 0 Å². The zero-order valence-corrected chi connectivity index (χ0v) is 20.0. The van der Waals surface area contributed by atoms with E-state index in [2.05, 4.69) is 4.98 Å². The van der Waals surface area contributed by atoms with Gasteiger partial charge >= 0.3 is 5.69 Å². The van der Waals surface area contributed by atoms with Gasteiger partial charge in [0.05, 0.1) is 25.7 Å². The minimum absolute atomic E-state index is 0.0709. The van der Waals surface area contributed by atoms with Crippen LogP contribution in [0.4, 0.5) is 0 Å². The van der Waals surface area contributed by atoms with E-state index in [1.807, 2.05) is 55.5 Å². The van der Waals surface area contributed by atoms with Crippen LogP contribution in [0.2, 0.25) is 0 Å². The Morgan fingerprint density at radius 1 is 1.06 bits per heavy atom. The summed E-state index contributed by atoms with van der Waals surface area (Å²) in [5.41, 5.74) is -0.364. The second-order valence-corrected chi connectivity index (χ2v) is 8.77. The monoisotopic (exact) mass is 488 g/mol. The Hall–Kier alpha value is -4.11. The molecule has 0 unspecified atom stereocenters. The largest absolute Gasteiger partial charge is 0.490 e. The van der Waals surface area contributed by atoms with Crippen LogP contribution in [-0.4, -0.2) is 36.5 Å². The summed E-state index contributed by atoms with van der Waals surface area (Å²) in [6.45, 7) is 2.49. The van der Waals surface area contributed by atoms with E-state index in [1.54, 1.807) is 23.2 Å². The van der Waals surface area contributed by atoms with Gasteiger partial charge in [0.2, 0.25) is 0 Å². The van der Waals surface area contributed by atoms with Crippen LogP contribution in [-0.2, 0) is 19.6 Å². The van der Waals surface area contributed by atoms with Crippen molar-refractivity contribution >= 4 is 21.9 Å². The smallest absolute Gasteiger partial charge is 0.332 e. The van der Waals surface area contributed by atoms with E-state index >= 15 is 0 Å². The quantitative estimate of drug-likeness (QED) is 0.323. The summed E-state index contributed by atoms with van der Waals surface area (Å²) >= 11 is 0. The number of furan rings is 1. The lowest BCUT2D eigenvalue weighted by Crippen LogP contribution is -2.44. The van der Waals surface area contributed by atoms with Gasteiger partial charge in [-0.1, -0.05) is 49.7 Å². The maximum Gasteiger partial charge on any atom is 0.332 e. The van der Waals surface area contributed by atoms with Crippen molar-refractivity contribution in [2.45, 2.75) is 45.5 Å². The second-order valence-electron chi connectivity index (χ2n) is 8.77. The Bertz CT molecular complexity index is 1590. The number of hydrogen-bond acceptors (Lipinski definition) is 6. The molecule has 0 aliphatic rings. The number of aromatic nitrogens is 4. The fourth-order valence-electron chi connectivity index (χ4n) is 4.38. The lowest BCUT2D eigenvalue weighted by Gasteiger charge is -2.16. The predicted octanol–water partition coefficient (Wildman–Crippen LogP) is 3.39. The molecule has 3 heterocycles. The van der Waals surface area contributed by atoms with Crippen LogP contribution in [0.3, 0.4) is 0 Å². The first kappa shape index (κ1) is 23.6. The molecular formula is C27H28N4O5. The molecule has 0 spiro atoms. The minimum atomic E-state index is -1.08. The number of aliphatic hydroxyl groups is 1. The number of unbranched alkanes of at least 4 members (excludes halogenated alkanes) is 1. The van der Waals surface area contributed by atoms with E-state index in [0.29, 0.717) is 35.8 Å². The third-order valence-electron chi connectivity index (χ3n) is 6.20. The summed E-state index contributed by atoms with van der Waals surface area (Å²) < 4.78 is 15.6. The lowest BCUT2D eigenvalue weighted by molar-refractivity contribution is 0.0909. The molecule has 9 heteroatoms. The molecule has 3 aromatic heterocycles. The zero-order valence-electron chi connectivity index (χ0n) is 20.0. The van der Waals surface area contributed by atoms with Crippen molar-refractivity contribution in [2.75, 3.05) is 6.61 Å². The topological polar surface area (TPSA) is 104 Å². The fraction of sp³-hybridized carbons (Fsp3) is 0.296.